The van der Waals surface area contributed by atoms with Gasteiger partial charge in [-0.1, -0.05) is 12.1 Å². The highest BCUT2D eigenvalue weighted by Crippen LogP contribution is 2.22. The monoisotopic (exact) mass is 308 g/mol. The molecule has 22 heavy (non-hydrogen) atoms. The summed E-state index contributed by atoms with van der Waals surface area (Å²) in [6.45, 7) is 0.917. The van der Waals surface area contributed by atoms with Gasteiger partial charge in [-0.3, -0.25) is 9.59 Å². The molecular formula is C13H16N4O5. The molecule has 1 aromatic carbocycles. The second-order valence-corrected chi connectivity index (χ2v) is 4.78. The molecular weight excluding hydrogens is 292 g/mol. The smallest absolute Gasteiger partial charge is 0.264 e. The fourth-order valence-electron chi connectivity index (χ4n) is 1.83. The summed E-state index contributed by atoms with van der Waals surface area (Å²) in [5.74, 6) is -0.990. The van der Waals surface area contributed by atoms with Gasteiger partial charge in [0.2, 0.25) is 12.0 Å². The highest BCUT2D eigenvalue weighted by Gasteiger charge is 2.35. The van der Waals surface area contributed by atoms with Crippen molar-refractivity contribution >= 4 is 11.8 Å². The molecule has 1 aliphatic heterocycles. The minimum atomic E-state index is -0.495. The van der Waals surface area contributed by atoms with E-state index in [1.807, 2.05) is 0 Å². The van der Waals surface area contributed by atoms with Crippen LogP contribution in [0, 0.1) is 5.21 Å². The highest BCUT2D eigenvalue weighted by molar-refractivity contribution is 6.21. The van der Waals surface area contributed by atoms with E-state index in [0.29, 0.717) is 11.1 Å². The predicted octanol–water partition coefficient (Wildman–Crippen LogP) is 0.362. The summed E-state index contributed by atoms with van der Waals surface area (Å²) in [6.07, 6.45) is 0. The Morgan fingerprint density at radius 2 is 1.91 bits per heavy atom. The summed E-state index contributed by atoms with van der Waals surface area (Å²) in [6, 6.07) is 5.95. The van der Waals surface area contributed by atoms with Crippen molar-refractivity contribution in [3.8, 4) is 0 Å². The number of amides is 2. The van der Waals surface area contributed by atoms with E-state index in [4.69, 9.17) is 9.94 Å². The quantitative estimate of drug-likeness (QED) is 0.352. The summed E-state index contributed by atoms with van der Waals surface area (Å²) in [5.41, 5.74) is 0.585. The number of carbonyl (C=O) groups is 2. The van der Waals surface area contributed by atoms with E-state index in [1.165, 1.54) is 7.05 Å². The average molecular weight is 308 g/mol. The molecule has 1 N–H and O–H groups in total. The van der Waals surface area contributed by atoms with Crippen LogP contribution in [0.5, 0.6) is 0 Å². The number of aliphatic hydroxyl groups excluding tert-OH is 1. The second-order valence-electron chi connectivity index (χ2n) is 4.78. The van der Waals surface area contributed by atoms with Crippen LogP contribution in [0.15, 0.2) is 29.5 Å². The third kappa shape index (κ3) is 2.84. The van der Waals surface area contributed by atoms with Gasteiger partial charge < -0.3 is 15.2 Å². The van der Waals surface area contributed by atoms with Crippen LogP contribution in [0.3, 0.4) is 0 Å². The van der Waals surface area contributed by atoms with Crippen LogP contribution in [0.25, 0.3) is 0 Å². The number of nitrogens with zero attached hydrogens (tertiary/aromatic N) is 4. The lowest BCUT2D eigenvalue weighted by molar-refractivity contribution is -0.712. The molecule has 0 aliphatic carbocycles. The number of likely N-dealkylation sites (N-methyl/N-ethyl adjacent to an activating group) is 1. The number of hydrogen-bond donors (Lipinski definition) is 1. The zero-order chi connectivity index (χ0) is 16.3. The molecule has 0 aromatic heterocycles. The third-order valence-electron chi connectivity index (χ3n) is 3.36. The van der Waals surface area contributed by atoms with Crippen molar-refractivity contribution in [3.63, 3.8) is 0 Å². The SMILES string of the molecule is C[C@@H](CO)N(C)/[N+]([O-])=N/OCN1C(=O)c2ccccc2C1=O. The van der Waals surface area contributed by atoms with E-state index in [1.54, 1.807) is 31.2 Å². The van der Waals surface area contributed by atoms with Gasteiger partial charge in [-0.05, 0) is 19.1 Å². The summed E-state index contributed by atoms with van der Waals surface area (Å²) < 4.78 is 0. The maximum absolute atomic E-state index is 12.0. The van der Waals surface area contributed by atoms with Gasteiger partial charge >= 0.3 is 0 Å². The molecule has 0 saturated carbocycles. The molecule has 1 aliphatic rings. The van der Waals surface area contributed by atoms with Crippen molar-refractivity contribution in [2.75, 3.05) is 20.4 Å². The van der Waals surface area contributed by atoms with E-state index in [9.17, 15) is 14.8 Å². The van der Waals surface area contributed by atoms with Crippen LogP contribution in [-0.4, -0.2) is 58.2 Å². The van der Waals surface area contributed by atoms with Crippen LogP contribution in [0.1, 0.15) is 27.6 Å². The second kappa shape index (κ2) is 6.39. The van der Waals surface area contributed by atoms with Crippen LogP contribution < -0.4 is 0 Å². The molecule has 0 fully saturated rings. The molecule has 0 bridgehead atoms. The molecule has 0 radical (unpaired) electrons. The molecule has 0 unspecified atom stereocenters. The molecule has 1 aromatic rings. The molecule has 0 spiro atoms. The lowest BCUT2D eigenvalue weighted by Crippen LogP contribution is -2.37. The average Bonchev–Trinajstić information content (AvgIpc) is 2.78. The van der Waals surface area contributed by atoms with Gasteiger partial charge in [-0.2, -0.15) is 0 Å². The number of benzene rings is 1. The van der Waals surface area contributed by atoms with E-state index < -0.39 is 24.6 Å². The van der Waals surface area contributed by atoms with Gasteiger partial charge in [0.25, 0.3) is 11.8 Å². The zero-order valence-corrected chi connectivity index (χ0v) is 12.2. The number of hydrazine groups is 1. The number of imide groups is 1. The lowest BCUT2D eigenvalue weighted by atomic mass is 10.1. The molecule has 9 heteroatoms. The van der Waals surface area contributed by atoms with Crippen LogP contribution >= 0.6 is 0 Å². The van der Waals surface area contributed by atoms with Gasteiger partial charge in [0, 0.05) is 0 Å². The van der Waals surface area contributed by atoms with Gasteiger partial charge in [-0.15, -0.1) is 5.01 Å². The number of hydrogen-bond acceptors (Lipinski definition) is 6. The Bertz CT molecular complexity index is 583. The fraction of sp³-hybridized carbons (Fsp3) is 0.385. The van der Waals surface area contributed by atoms with Crippen LogP contribution in [0.4, 0.5) is 0 Å². The Kier molecular flexibility index (Phi) is 4.56. The molecule has 118 valence electrons. The van der Waals surface area contributed by atoms with Crippen molar-refractivity contribution in [1.82, 2.24) is 9.91 Å². The van der Waals surface area contributed by atoms with E-state index in [2.05, 4.69) is 5.28 Å². The summed E-state index contributed by atoms with van der Waals surface area (Å²) in [5, 5.41) is 24.8. The Morgan fingerprint density at radius 1 is 1.36 bits per heavy atom. The maximum atomic E-state index is 12.0. The van der Waals surface area contributed by atoms with E-state index >= 15 is 0 Å². The minimum Gasteiger partial charge on any atom is -0.569 e. The molecule has 1 heterocycles. The summed E-state index contributed by atoms with van der Waals surface area (Å²) in [7, 11) is 1.42. The van der Waals surface area contributed by atoms with Gasteiger partial charge in [0.15, 0.2) is 0 Å². The summed E-state index contributed by atoms with van der Waals surface area (Å²) >= 11 is 0. The standard InChI is InChI=1S/C13H16N4O5/c1-9(7-18)15(2)17(21)14-22-8-16-12(19)10-5-3-4-6-11(10)13(16)20/h3-6,9,18H,7-8H2,1-2H3/b17-14-/t9-/m0/s1. The van der Waals surface area contributed by atoms with Crippen molar-refractivity contribution in [2.45, 2.75) is 13.0 Å². The van der Waals surface area contributed by atoms with E-state index in [-0.39, 0.29) is 11.6 Å². The largest absolute Gasteiger partial charge is 0.569 e. The fourth-order valence-corrected chi connectivity index (χ4v) is 1.83. The summed E-state index contributed by atoms with van der Waals surface area (Å²) in [4.78, 5) is 29.8. The van der Waals surface area contributed by atoms with Crippen molar-refractivity contribution in [2.24, 2.45) is 5.28 Å². The first-order valence-corrected chi connectivity index (χ1v) is 6.56. The van der Waals surface area contributed by atoms with Crippen molar-refractivity contribution in [3.05, 3.63) is 40.6 Å². The Labute approximate surface area is 126 Å². The van der Waals surface area contributed by atoms with Gasteiger partial charge in [-0.25, -0.2) is 4.90 Å². The number of fused-ring (bicyclic) bond motifs is 1. The Morgan fingerprint density at radius 3 is 2.41 bits per heavy atom. The number of rotatable bonds is 6. The molecule has 9 nitrogen and oxygen atoms in total. The topological polar surface area (TPSA) is 109 Å². The maximum Gasteiger partial charge on any atom is 0.264 e. The van der Waals surface area contributed by atoms with E-state index in [0.717, 1.165) is 9.91 Å². The predicted molar refractivity (Wildman–Crippen MR) is 73.3 cm³/mol. The Balaban J connectivity index is 1.99. The molecule has 1 atom stereocenters. The normalized spacial score (nSPS) is 15.8. The van der Waals surface area contributed by atoms with Crippen LogP contribution in [-0.2, 0) is 4.84 Å². The lowest BCUT2D eigenvalue weighted by Gasteiger charge is -2.18. The number of aliphatic hydroxyl groups is 1. The van der Waals surface area contributed by atoms with Gasteiger partial charge in [0.05, 0.1) is 29.8 Å². The highest BCUT2D eigenvalue weighted by atomic mass is 16.7. The van der Waals surface area contributed by atoms with Crippen molar-refractivity contribution < 1.29 is 24.5 Å². The van der Waals surface area contributed by atoms with Crippen LogP contribution in [0.2, 0.25) is 0 Å². The molecule has 2 amide bonds. The first-order chi connectivity index (χ1) is 10.5. The first-order valence-electron chi connectivity index (χ1n) is 6.56. The first kappa shape index (κ1) is 15.7. The number of carbonyl (C=O) groups excluding carboxylic acids is 2. The Hall–Kier alpha value is -2.68. The minimum absolute atomic E-state index is 0.138. The zero-order valence-electron chi connectivity index (χ0n) is 12.2. The molecule has 0 saturated heterocycles. The van der Waals surface area contributed by atoms with Gasteiger partial charge in [0.1, 0.15) is 6.04 Å². The molecule has 2 rings (SSSR count). The third-order valence-corrected chi connectivity index (χ3v) is 3.36. The van der Waals surface area contributed by atoms with Crippen molar-refractivity contribution in [1.29, 1.82) is 0 Å².